The van der Waals surface area contributed by atoms with Gasteiger partial charge in [-0.1, -0.05) is 30.3 Å². The number of methoxy groups -OCH3 is 1. The SMILES string of the molecule is COc1cc(NC(=O)C(N)c2ccccc2)ccc1S(=O)(=O)N1CCCC1.Cl. The van der Waals surface area contributed by atoms with E-state index in [4.69, 9.17) is 10.5 Å². The number of rotatable bonds is 6. The van der Waals surface area contributed by atoms with Crippen molar-refractivity contribution in [3.05, 3.63) is 54.1 Å². The number of nitrogens with one attached hydrogen (secondary N) is 1. The first-order chi connectivity index (χ1) is 12.9. The van der Waals surface area contributed by atoms with Crippen molar-refractivity contribution in [3.63, 3.8) is 0 Å². The van der Waals surface area contributed by atoms with Gasteiger partial charge >= 0.3 is 0 Å². The molecule has 0 aromatic heterocycles. The van der Waals surface area contributed by atoms with Crippen LogP contribution in [0.3, 0.4) is 0 Å². The van der Waals surface area contributed by atoms with Crippen molar-refractivity contribution in [2.24, 2.45) is 5.73 Å². The maximum atomic E-state index is 12.8. The number of anilines is 1. The number of amides is 1. The molecule has 7 nitrogen and oxygen atoms in total. The van der Waals surface area contributed by atoms with Crippen LogP contribution < -0.4 is 15.8 Å². The number of nitrogens with two attached hydrogens (primary N) is 1. The van der Waals surface area contributed by atoms with E-state index < -0.39 is 22.0 Å². The Morgan fingerprint density at radius 2 is 1.79 bits per heavy atom. The second-order valence-electron chi connectivity index (χ2n) is 6.35. The molecule has 1 atom stereocenters. The van der Waals surface area contributed by atoms with E-state index in [1.165, 1.54) is 23.5 Å². The highest BCUT2D eigenvalue weighted by atomic mass is 35.5. The standard InChI is InChI=1S/C19H23N3O4S.ClH/c1-26-16-13-15(21-19(23)18(20)14-7-3-2-4-8-14)9-10-17(16)27(24,25)22-11-5-6-12-22;/h2-4,7-10,13,18H,5-6,11-12,20H2,1H3,(H,21,23);1H. The third-order valence-electron chi connectivity index (χ3n) is 4.56. The van der Waals surface area contributed by atoms with Gasteiger partial charge in [-0.05, 0) is 30.5 Å². The molecule has 1 aliphatic heterocycles. The maximum Gasteiger partial charge on any atom is 0.246 e. The lowest BCUT2D eigenvalue weighted by Gasteiger charge is -2.19. The molecule has 1 heterocycles. The molecule has 2 aromatic rings. The van der Waals surface area contributed by atoms with Crippen LogP contribution in [0.2, 0.25) is 0 Å². The van der Waals surface area contributed by atoms with Crippen LogP contribution in [0.5, 0.6) is 5.75 Å². The molecule has 0 bridgehead atoms. The summed E-state index contributed by atoms with van der Waals surface area (Å²) in [6, 6.07) is 12.7. The summed E-state index contributed by atoms with van der Waals surface area (Å²) in [5.41, 5.74) is 7.10. The van der Waals surface area contributed by atoms with Gasteiger partial charge in [0.1, 0.15) is 16.7 Å². The van der Waals surface area contributed by atoms with Crippen molar-refractivity contribution in [3.8, 4) is 5.75 Å². The molecule has 1 fully saturated rings. The van der Waals surface area contributed by atoms with E-state index in [1.807, 2.05) is 18.2 Å². The number of benzene rings is 2. The normalized spacial score (nSPS) is 15.5. The summed E-state index contributed by atoms with van der Waals surface area (Å²) in [5.74, 6) is -0.202. The van der Waals surface area contributed by atoms with Gasteiger partial charge in [0, 0.05) is 24.8 Å². The van der Waals surface area contributed by atoms with E-state index >= 15 is 0 Å². The molecule has 0 spiro atoms. The lowest BCUT2D eigenvalue weighted by molar-refractivity contribution is -0.117. The second kappa shape index (κ2) is 9.38. The molecule has 9 heteroatoms. The van der Waals surface area contributed by atoms with Crippen molar-refractivity contribution in [2.75, 3.05) is 25.5 Å². The first kappa shape index (κ1) is 22.2. The zero-order valence-corrected chi connectivity index (χ0v) is 17.1. The summed E-state index contributed by atoms with van der Waals surface area (Å²) in [6.45, 7) is 1.02. The minimum absolute atomic E-state index is 0. The Hall–Kier alpha value is -2.13. The minimum Gasteiger partial charge on any atom is -0.495 e. The first-order valence-electron chi connectivity index (χ1n) is 8.73. The number of halogens is 1. The van der Waals surface area contributed by atoms with E-state index in [9.17, 15) is 13.2 Å². The largest absolute Gasteiger partial charge is 0.495 e. The quantitative estimate of drug-likeness (QED) is 0.740. The van der Waals surface area contributed by atoms with Crippen LogP contribution in [0.15, 0.2) is 53.4 Å². The van der Waals surface area contributed by atoms with Crippen LogP contribution in [0.4, 0.5) is 5.69 Å². The number of nitrogens with zero attached hydrogens (tertiary/aromatic N) is 1. The Bertz CT molecular complexity index is 916. The summed E-state index contributed by atoms with van der Waals surface area (Å²) in [6.07, 6.45) is 1.71. The fourth-order valence-electron chi connectivity index (χ4n) is 3.06. The third kappa shape index (κ3) is 4.64. The van der Waals surface area contributed by atoms with Crippen molar-refractivity contribution in [1.29, 1.82) is 0 Å². The van der Waals surface area contributed by atoms with Gasteiger partial charge in [-0.3, -0.25) is 4.79 Å². The van der Waals surface area contributed by atoms with E-state index in [-0.39, 0.29) is 23.1 Å². The number of hydrogen-bond acceptors (Lipinski definition) is 5. The predicted octanol–water partition coefficient (Wildman–Crippen LogP) is 2.54. The highest BCUT2D eigenvalue weighted by molar-refractivity contribution is 7.89. The molecule has 1 aliphatic rings. The predicted molar refractivity (Wildman–Crippen MR) is 110 cm³/mol. The molecule has 3 rings (SSSR count). The summed E-state index contributed by atoms with van der Waals surface area (Å²) in [4.78, 5) is 12.5. The summed E-state index contributed by atoms with van der Waals surface area (Å²) in [7, 11) is -2.21. The van der Waals surface area contributed by atoms with Gasteiger partial charge in [0.25, 0.3) is 0 Å². The summed E-state index contributed by atoms with van der Waals surface area (Å²) < 4.78 is 32.3. The molecular formula is C19H24ClN3O4S. The lowest BCUT2D eigenvalue weighted by Crippen LogP contribution is -2.29. The van der Waals surface area contributed by atoms with Crippen molar-refractivity contribution in [2.45, 2.75) is 23.8 Å². The van der Waals surface area contributed by atoms with Crippen LogP contribution in [0.25, 0.3) is 0 Å². The average Bonchev–Trinajstić information content (AvgIpc) is 3.23. The molecular weight excluding hydrogens is 402 g/mol. The van der Waals surface area contributed by atoms with E-state index in [2.05, 4.69) is 5.32 Å². The third-order valence-corrected chi connectivity index (χ3v) is 6.49. The van der Waals surface area contributed by atoms with Crippen molar-refractivity contribution < 1.29 is 17.9 Å². The summed E-state index contributed by atoms with van der Waals surface area (Å²) in [5, 5.41) is 2.71. The Morgan fingerprint density at radius 3 is 2.39 bits per heavy atom. The topological polar surface area (TPSA) is 102 Å². The molecule has 1 amide bonds. The number of carbonyl (C=O) groups excluding carboxylic acids is 1. The van der Waals surface area contributed by atoms with Crippen LogP contribution in [0, 0.1) is 0 Å². The Labute approximate surface area is 171 Å². The maximum absolute atomic E-state index is 12.8. The summed E-state index contributed by atoms with van der Waals surface area (Å²) >= 11 is 0. The molecule has 3 N–H and O–H groups in total. The first-order valence-corrected chi connectivity index (χ1v) is 10.2. The zero-order chi connectivity index (χ0) is 19.4. The van der Waals surface area contributed by atoms with E-state index in [0.29, 0.717) is 24.3 Å². The molecule has 1 unspecified atom stereocenters. The minimum atomic E-state index is -3.62. The molecule has 0 radical (unpaired) electrons. The molecule has 0 aliphatic carbocycles. The van der Waals surface area contributed by atoms with Crippen LogP contribution >= 0.6 is 12.4 Å². The number of hydrogen-bond donors (Lipinski definition) is 2. The highest BCUT2D eigenvalue weighted by Crippen LogP contribution is 2.31. The Morgan fingerprint density at radius 1 is 1.14 bits per heavy atom. The fourth-order valence-corrected chi connectivity index (χ4v) is 4.71. The zero-order valence-electron chi connectivity index (χ0n) is 15.5. The molecule has 1 saturated heterocycles. The Balaban J connectivity index is 0.00000280. The van der Waals surface area contributed by atoms with Gasteiger partial charge in [0.15, 0.2) is 0 Å². The van der Waals surface area contributed by atoms with Gasteiger partial charge in [-0.25, -0.2) is 8.42 Å². The number of ether oxygens (including phenoxy) is 1. The van der Waals surface area contributed by atoms with E-state index in [1.54, 1.807) is 18.2 Å². The second-order valence-corrected chi connectivity index (χ2v) is 8.26. The van der Waals surface area contributed by atoms with Gasteiger partial charge < -0.3 is 15.8 Å². The van der Waals surface area contributed by atoms with Crippen LogP contribution in [-0.2, 0) is 14.8 Å². The monoisotopic (exact) mass is 425 g/mol. The van der Waals surface area contributed by atoms with Crippen LogP contribution in [0.1, 0.15) is 24.4 Å². The van der Waals surface area contributed by atoms with Gasteiger partial charge in [0.05, 0.1) is 7.11 Å². The smallest absolute Gasteiger partial charge is 0.246 e. The molecule has 2 aromatic carbocycles. The van der Waals surface area contributed by atoms with Crippen LogP contribution in [-0.4, -0.2) is 38.8 Å². The van der Waals surface area contributed by atoms with Gasteiger partial charge in [-0.15, -0.1) is 12.4 Å². The van der Waals surface area contributed by atoms with Crippen molar-refractivity contribution >= 4 is 34.0 Å². The fraction of sp³-hybridized carbons (Fsp3) is 0.316. The number of carbonyl (C=O) groups is 1. The average molecular weight is 426 g/mol. The molecule has 28 heavy (non-hydrogen) atoms. The molecule has 152 valence electrons. The van der Waals surface area contributed by atoms with Gasteiger partial charge in [-0.2, -0.15) is 4.31 Å². The Kier molecular flexibility index (Phi) is 7.42. The molecule has 0 saturated carbocycles. The van der Waals surface area contributed by atoms with E-state index in [0.717, 1.165) is 12.8 Å². The highest BCUT2D eigenvalue weighted by Gasteiger charge is 2.30. The number of sulfonamides is 1. The lowest BCUT2D eigenvalue weighted by atomic mass is 10.1. The van der Waals surface area contributed by atoms with Gasteiger partial charge in [0.2, 0.25) is 15.9 Å². The van der Waals surface area contributed by atoms with Crippen molar-refractivity contribution in [1.82, 2.24) is 4.31 Å².